The zero-order valence-electron chi connectivity index (χ0n) is 22.1. The first-order chi connectivity index (χ1) is 19.5. The first-order valence-corrected chi connectivity index (χ1v) is 13.9. The van der Waals surface area contributed by atoms with Gasteiger partial charge in [-0.15, -0.1) is 11.3 Å². The molecule has 5 rings (SSSR count). The number of amides is 1. The number of aliphatic hydroxyl groups excluding tert-OH is 1. The average molecular weight is 567 g/mol. The Hall–Kier alpha value is -3.87. The van der Waals surface area contributed by atoms with Gasteiger partial charge < -0.3 is 30.1 Å². The lowest BCUT2D eigenvalue weighted by molar-refractivity contribution is -0.115. The second-order valence-electron chi connectivity index (χ2n) is 9.53. The quantitative estimate of drug-likeness (QED) is 0.227. The van der Waals surface area contributed by atoms with Crippen LogP contribution in [0.3, 0.4) is 0 Å². The molecule has 1 unspecified atom stereocenters. The molecule has 210 valence electrons. The number of carbonyl (C=O) groups excluding carboxylic acids is 1. The van der Waals surface area contributed by atoms with E-state index < -0.39 is 5.82 Å². The molecule has 2 aromatic carbocycles. The molecule has 0 spiro atoms. The first kappa shape index (κ1) is 27.7. The highest BCUT2D eigenvalue weighted by Gasteiger charge is 2.18. The highest BCUT2D eigenvalue weighted by Crippen LogP contribution is 2.35. The smallest absolute Gasteiger partial charge is 0.229 e. The Morgan fingerprint density at radius 2 is 2.12 bits per heavy atom. The Morgan fingerprint density at radius 1 is 1.23 bits per heavy atom. The fraction of sp³-hybridized carbons (Fsp3) is 0.357. The largest absolute Gasteiger partial charge is 0.493 e. The fourth-order valence-corrected chi connectivity index (χ4v) is 5.43. The molecule has 1 saturated heterocycles. The molecule has 0 saturated carbocycles. The number of aromatic nitrogens is 3. The Labute approximate surface area is 235 Å². The highest BCUT2D eigenvalue weighted by atomic mass is 32.1. The number of carbonyl (C=O) groups is 1. The van der Waals surface area contributed by atoms with Crippen LogP contribution in [-0.2, 0) is 11.2 Å². The molecule has 12 heteroatoms. The number of rotatable bonds is 11. The van der Waals surface area contributed by atoms with Gasteiger partial charge in [-0.05, 0) is 50.1 Å². The zero-order chi connectivity index (χ0) is 27.9. The third kappa shape index (κ3) is 7.20. The second-order valence-corrected chi connectivity index (χ2v) is 10.6. The standard InChI is InChI=1S/C28H31FN6O4S/c1-38-24-13-22-23(14-25(24)39-10-4-9-35-8-3-7-20(36)16-35)31-17-32-27(22)34-28-30-15-21(40-28)12-26(37)33-19-6-2-5-18(29)11-19/h2,5-6,11,13-15,17,20,36H,3-4,7-10,12,16H2,1H3,(H,33,37)(H,30,31,32,34). The molecule has 1 amide bonds. The van der Waals surface area contributed by atoms with Crippen molar-refractivity contribution in [2.24, 2.45) is 0 Å². The van der Waals surface area contributed by atoms with Crippen molar-refractivity contribution in [1.82, 2.24) is 19.9 Å². The topological polar surface area (TPSA) is 122 Å². The summed E-state index contributed by atoms with van der Waals surface area (Å²) in [5, 5.41) is 17.1. The summed E-state index contributed by atoms with van der Waals surface area (Å²) < 4.78 is 25.0. The summed E-state index contributed by atoms with van der Waals surface area (Å²) in [6.45, 7) is 3.10. The molecule has 3 heterocycles. The van der Waals surface area contributed by atoms with Gasteiger partial charge in [0.1, 0.15) is 18.0 Å². The van der Waals surface area contributed by atoms with Crippen LogP contribution in [0.15, 0.2) is 48.9 Å². The number of thiazole rings is 1. The minimum atomic E-state index is -0.413. The molecule has 0 radical (unpaired) electrons. The average Bonchev–Trinajstić information content (AvgIpc) is 3.37. The van der Waals surface area contributed by atoms with Crippen molar-refractivity contribution in [3.8, 4) is 11.5 Å². The fourth-order valence-electron chi connectivity index (χ4n) is 4.62. The van der Waals surface area contributed by atoms with Crippen molar-refractivity contribution in [1.29, 1.82) is 0 Å². The summed E-state index contributed by atoms with van der Waals surface area (Å²) in [6, 6.07) is 9.42. The monoisotopic (exact) mass is 566 g/mol. The molecule has 0 bridgehead atoms. The second kappa shape index (κ2) is 13.0. The van der Waals surface area contributed by atoms with E-state index in [0.29, 0.717) is 46.8 Å². The number of anilines is 3. The van der Waals surface area contributed by atoms with Crippen LogP contribution in [0, 0.1) is 5.82 Å². The third-order valence-corrected chi connectivity index (χ3v) is 7.41. The van der Waals surface area contributed by atoms with E-state index in [0.717, 1.165) is 42.6 Å². The van der Waals surface area contributed by atoms with E-state index in [9.17, 15) is 14.3 Å². The van der Waals surface area contributed by atoms with Crippen molar-refractivity contribution < 1.29 is 23.8 Å². The zero-order valence-corrected chi connectivity index (χ0v) is 22.9. The van der Waals surface area contributed by atoms with Gasteiger partial charge in [0.05, 0.1) is 31.8 Å². The number of methoxy groups -OCH3 is 1. The molecular formula is C28H31FN6O4S. The van der Waals surface area contributed by atoms with Crippen molar-refractivity contribution in [2.75, 3.05) is 44.0 Å². The molecule has 1 aliphatic rings. The Balaban J connectivity index is 1.21. The summed E-state index contributed by atoms with van der Waals surface area (Å²) in [5.41, 5.74) is 1.08. The predicted octanol–water partition coefficient (Wildman–Crippen LogP) is 4.38. The van der Waals surface area contributed by atoms with E-state index in [2.05, 4.69) is 30.5 Å². The van der Waals surface area contributed by atoms with Crippen molar-refractivity contribution in [3.05, 3.63) is 59.6 Å². The van der Waals surface area contributed by atoms with E-state index in [1.807, 2.05) is 12.1 Å². The summed E-state index contributed by atoms with van der Waals surface area (Å²) in [6.07, 6.45) is 5.68. The first-order valence-electron chi connectivity index (χ1n) is 13.1. The van der Waals surface area contributed by atoms with Crippen molar-refractivity contribution >= 4 is 44.8 Å². The van der Waals surface area contributed by atoms with E-state index in [1.54, 1.807) is 25.4 Å². The van der Waals surface area contributed by atoms with Gasteiger partial charge in [0, 0.05) is 41.3 Å². The van der Waals surface area contributed by atoms with Gasteiger partial charge in [-0.1, -0.05) is 6.07 Å². The Bertz CT molecular complexity index is 1470. The molecule has 40 heavy (non-hydrogen) atoms. The van der Waals surface area contributed by atoms with Gasteiger partial charge in [-0.2, -0.15) is 0 Å². The number of fused-ring (bicyclic) bond motifs is 1. The van der Waals surface area contributed by atoms with Gasteiger partial charge in [-0.3, -0.25) is 4.79 Å². The third-order valence-electron chi connectivity index (χ3n) is 6.50. The van der Waals surface area contributed by atoms with E-state index >= 15 is 0 Å². The predicted molar refractivity (Wildman–Crippen MR) is 152 cm³/mol. The van der Waals surface area contributed by atoms with Crippen LogP contribution in [0.1, 0.15) is 24.1 Å². The number of halogens is 1. The Kier molecular flexibility index (Phi) is 8.99. The number of hydrogen-bond donors (Lipinski definition) is 3. The molecule has 4 aromatic rings. The summed E-state index contributed by atoms with van der Waals surface area (Å²) >= 11 is 1.32. The molecule has 2 aromatic heterocycles. The van der Waals surface area contributed by atoms with Gasteiger partial charge in [-0.25, -0.2) is 19.3 Å². The van der Waals surface area contributed by atoms with Crippen LogP contribution < -0.4 is 20.1 Å². The van der Waals surface area contributed by atoms with Crippen LogP contribution in [0.25, 0.3) is 10.9 Å². The number of hydrogen-bond acceptors (Lipinski definition) is 10. The SMILES string of the molecule is COc1cc2c(Nc3ncc(CC(=O)Nc4cccc(F)c4)s3)ncnc2cc1OCCCN1CCCC(O)C1. The molecule has 0 aliphatic carbocycles. The number of ether oxygens (including phenoxy) is 2. The number of β-amino-alcohol motifs (C(OH)–C–C–N with tert-alkyl or cyclic N) is 1. The summed E-state index contributed by atoms with van der Waals surface area (Å²) in [4.78, 5) is 28.6. The van der Waals surface area contributed by atoms with Crippen LogP contribution >= 0.6 is 11.3 Å². The maximum Gasteiger partial charge on any atom is 0.229 e. The lowest BCUT2D eigenvalue weighted by atomic mass is 10.1. The van der Waals surface area contributed by atoms with E-state index in [-0.39, 0.29) is 18.4 Å². The van der Waals surface area contributed by atoms with Crippen molar-refractivity contribution in [3.63, 3.8) is 0 Å². The van der Waals surface area contributed by atoms with Crippen molar-refractivity contribution in [2.45, 2.75) is 31.8 Å². The normalized spacial score (nSPS) is 15.6. The lowest BCUT2D eigenvalue weighted by Gasteiger charge is -2.29. The summed E-state index contributed by atoms with van der Waals surface area (Å²) in [5.74, 6) is 1.03. The molecule has 3 N–H and O–H groups in total. The number of nitrogens with zero attached hydrogens (tertiary/aromatic N) is 4. The highest BCUT2D eigenvalue weighted by molar-refractivity contribution is 7.15. The molecule has 1 aliphatic heterocycles. The van der Waals surface area contributed by atoms with Crippen LogP contribution in [0.2, 0.25) is 0 Å². The number of nitrogens with one attached hydrogen (secondary N) is 2. The lowest BCUT2D eigenvalue weighted by Crippen LogP contribution is -2.39. The molecule has 1 fully saturated rings. The van der Waals surface area contributed by atoms with E-state index in [1.165, 1.54) is 29.8 Å². The van der Waals surface area contributed by atoms with Gasteiger partial charge in [0.2, 0.25) is 5.91 Å². The number of likely N-dealkylation sites (tertiary alicyclic amines) is 1. The van der Waals surface area contributed by atoms with Gasteiger partial charge in [0.15, 0.2) is 16.6 Å². The molecular weight excluding hydrogens is 535 g/mol. The van der Waals surface area contributed by atoms with Crippen LogP contribution in [0.4, 0.5) is 21.0 Å². The Morgan fingerprint density at radius 3 is 2.95 bits per heavy atom. The number of benzene rings is 2. The minimum Gasteiger partial charge on any atom is -0.493 e. The maximum atomic E-state index is 13.4. The molecule has 10 nitrogen and oxygen atoms in total. The minimum absolute atomic E-state index is 0.104. The number of piperidine rings is 1. The molecule has 1 atom stereocenters. The van der Waals surface area contributed by atoms with Crippen LogP contribution in [-0.4, -0.2) is 70.3 Å². The maximum absolute atomic E-state index is 13.4. The summed E-state index contributed by atoms with van der Waals surface area (Å²) in [7, 11) is 1.59. The van der Waals surface area contributed by atoms with E-state index in [4.69, 9.17) is 9.47 Å². The van der Waals surface area contributed by atoms with Gasteiger partial charge >= 0.3 is 0 Å². The van der Waals surface area contributed by atoms with Crippen LogP contribution in [0.5, 0.6) is 11.5 Å². The number of aliphatic hydroxyl groups is 1. The van der Waals surface area contributed by atoms with Gasteiger partial charge in [0.25, 0.3) is 0 Å².